The fraction of sp³-hybridized carbons (Fsp3) is 0.190. The van der Waals surface area contributed by atoms with Crippen molar-refractivity contribution < 1.29 is 9.18 Å². The van der Waals surface area contributed by atoms with Crippen LogP contribution < -0.4 is 10.6 Å². The number of fused-ring (bicyclic) bond motifs is 1. The lowest BCUT2D eigenvalue weighted by molar-refractivity contribution is 0.0961. The highest BCUT2D eigenvalue weighted by atomic mass is 32.1. The van der Waals surface area contributed by atoms with Gasteiger partial charge in [0.1, 0.15) is 12.1 Å². The standard InChI is InChI=1S/C21H19FN6OS/c1-12-25-10-17(30-12)16-8-18(28-11-27-16)24-7-6-13-4-3-5-14-19(21(29)23-2)15(22)9-26-20(13)14/h3-5,8-11H,6-7H2,1-2H3,(H,23,29)(H,24,27,28). The second kappa shape index (κ2) is 8.50. The lowest BCUT2D eigenvalue weighted by Gasteiger charge is -2.11. The number of halogens is 1. The number of hydrogen-bond acceptors (Lipinski definition) is 7. The zero-order chi connectivity index (χ0) is 21.1. The van der Waals surface area contributed by atoms with Gasteiger partial charge in [0.15, 0.2) is 5.82 Å². The van der Waals surface area contributed by atoms with Crippen LogP contribution in [0.1, 0.15) is 20.9 Å². The van der Waals surface area contributed by atoms with E-state index < -0.39 is 11.7 Å². The van der Waals surface area contributed by atoms with E-state index in [9.17, 15) is 9.18 Å². The average Bonchev–Trinajstić information content (AvgIpc) is 3.20. The molecule has 2 N–H and O–H groups in total. The molecule has 9 heteroatoms. The van der Waals surface area contributed by atoms with E-state index in [2.05, 4.69) is 30.6 Å². The topological polar surface area (TPSA) is 92.7 Å². The molecule has 1 aromatic carbocycles. The molecule has 4 aromatic rings. The van der Waals surface area contributed by atoms with Gasteiger partial charge in [0, 0.05) is 31.2 Å². The molecule has 4 rings (SSSR count). The van der Waals surface area contributed by atoms with Crippen LogP contribution >= 0.6 is 11.3 Å². The molecule has 7 nitrogen and oxygen atoms in total. The lowest BCUT2D eigenvalue weighted by atomic mass is 10.0. The van der Waals surface area contributed by atoms with E-state index in [1.807, 2.05) is 19.1 Å². The molecule has 0 saturated heterocycles. The first-order chi connectivity index (χ1) is 14.6. The van der Waals surface area contributed by atoms with Crippen LogP contribution in [-0.2, 0) is 6.42 Å². The van der Waals surface area contributed by atoms with Crippen LogP contribution in [0, 0.1) is 12.7 Å². The third-order valence-corrected chi connectivity index (χ3v) is 5.57. The first-order valence-electron chi connectivity index (χ1n) is 9.33. The zero-order valence-corrected chi connectivity index (χ0v) is 17.3. The Hall–Kier alpha value is -3.46. The average molecular weight is 422 g/mol. The number of para-hydroxylation sites is 1. The molecular weight excluding hydrogens is 403 g/mol. The Kier molecular flexibility index (Phi) is 5.62. The number of carbonyl (C=O) groups excluding carboxylic acids is 1. The minimum Gasteiger partial charge on any atom is -0.370 e. The smallest absolute Gasteiger partial charge is 0.254 e. The second-order valence-corrected chi connectivity index (χ2v) is 7.82. The van der Waals surface area contributed by atoms with Crippen LogP contribution in [0.25, 0.3) is 21.5 Å². The molecule has 1 amide bonds. The molecule has 0 radical (unpaired) electrons. The number of aryl methyl sites for hydroxylation is 1. The van der Waals surface area contributed by atoms with Crippen molar-refractivity contribution in [3.05, 3.63) is 64.9 Å². The maximum atomic E-state index is 14.2. The molecule has 0 aliphatic carbocycles. The van der Waals surface area contributed by atoms with Gasteiger partial charge in [-0.2, -0.15) is 0 Å². The number of hydrogen-bond donors (Lipinski definition) is 2. The van der Waals surface area contributed by atoms with Crippen LogP contribution in [0.2, 0.25) is 0 Å². The quantitative estimate of drug-likeness (QED) is 0.493. The molecule has 152 valence electrons. The molecule has 0 fully saturated rings. The minimum atomic E-state index is -0.635. The summed E-state index contributed by atoms with van der Waals surface area (Å²) in [5, 5.41) is 7.25. The molecule has 30 heavy (non-hydrogen) atoms. The Morgan fingerprint density at radius 1 is 1.17 bits per heavy atom. The molecule has 3 aromatic heterocycles. The molecule has 3 heterocycles. The Labute approximate surface area is 176 Å². The van der Waals surface area contributed by atoms with E-state index in [1.165, 1.54) is 13.4 Å². The van der Waals surface area contributed by atoms with E-state index in [-0.39, 0.29) is 5.56 Å². The van der Waals surface area contributed by atoms with Gasteiger partial charge in [-0.05, 0) is 18.9 Å². The van der Waals surface area contributed by atoms with Crippen LogP contribution in [0.5, 0.6) is 0 Å². The van der Waals surface area contributed by atoms with Gasteiger partial charge >= 0.3 is 0 Å². The maximum absolute atomic E-state index is 14.2. The van der Waals surface area contributed by atoms with Crippen molar-refractivity contribution in [2.75, 3.05) is 18.9 Å². The third kappa shape index (κ3) is 3.97. The van der Waals surface area contributed by atoms with E-state index in [0.29, 0.717) is 29.7 Å². The molecule has 0 saturated carbocycles. The van der Waals surface area contributed by atoms with Gasteiger partial charge < -0.3 is 10.6 Å². The number of amides is 1. The van der Waals surface area contributed by atoms with Gasteiger partial charge in [-0.1, -0.05) is 18.2 Å². The third-order valence-electron chi connectivity index (χ3n) is 4.63. The summed E-state index contributed by atoms with van der Waals surface area (Å²) in [5.41, 5.74) is 2.36. The summed E-state index contributed by atoms with van der Waals surface area (Å²) in [6, 6.07) is 7.32. The van der Waals surface area contributed by atoms with E-state index in [1.54, 1.807) is 29.7 Å². The summed E-state index contributed by atoms with van der Waals surface area (Å²) >= 11 is 1.58. The van der Waals surface area contributed by atoms with E-state index in [4.69, 9.17) is 0 Å². The summed E-state index contributed by atoms with van der Waals surface area (Å²) in [4.78, 5) is 30.2. The van der Waals surface area contributed by atoms with Crippen molar-refractivity contribution in [2.45, 2.75) is 13.3 Å². The van der Waals surface area contributed by atoms with Crippen LogP contribution in [0.15, 0.2) is 43.0 Å². The number of rotatable bonds is 6. The summed E-state index contributed by atoms with van der Waals surface area (Å²) in [6.07, 6.45) is 5.04. The number of anilines is 1. The first kappa shape index (κ1) is 19.8. The summed E-state index contributed by atoms with van der Waals surface area (Å²) < 4.78 is 14.2. The Balaban J connectivity index is 1.53. The molecule has 0 unspecified atom stereocenters. The van der Waals surface area contributed by atoms with Crippen LogP contribution in [-0.4, -0.2) is 39.4 Å². The zero-order valence-electron chi connectivity index (χ0n) is 16.4. The molecule has 0 atom stereocenters. The fourth-order valence-electron chi connectivity index (χ4n) is 3.21. The van der Waals surface area contributed by atoms with Gasteiger partial charge in [-0.15, -0.1) is 11.3 Å². The molecule has 0 aliphatic heterocycles. The number of aromatic nitrogens is 4. The highest BCUT2D eigenvalue weighted by molar-refractivity contribution is 7.15. The SMILES string of the molecule is CNC(=O)c1c(F)cnc2c(CCNc3cc(-c4cnc(C)s4)ncn3)cccc12. The van der Waals surface area contributed by atoms with Crippen molar-refractivity contribution in [2.24, 2.45) is 0 Å². The number of benzene rings is 1. The van der Waals surface area contributed by atoms with Crippen molar-refractivity contribution in [1.82, 2.24) is 25.3 Å². The lowest BCUT2D eigenvalue weighted by Crippen LogP contribution is -2.20. The van der Waals surface area contributed by atoms with Gasteiger partial charge in [0.2, 0.25) is 0 Å². The second-order valence-electron chi connectivity index (χ2n) is 6.58. The molecule has 0 aliphatic rings. The number of pyridine rings is 1. The first-order valence-corrected chi connectivity index (χ1v) is 10.2. The Morgan fingerprint density at radius 2 is 2.03 bits per heavy atom. The summed E-state index contributed by atoms with van der Waals surface area (Å²) in [6.45, 7) is 2.54. The number of nitrogens with zero attached hydrogens (tertiary/aromatic N) is 4. The summed E-state index contributed by atoms with van der Waals surface area (Å²) in [5.74, 6) is -0.401. The number of nitrogens with one attached hydrogen (secondary N) is 2. The number of carbonyl (C=O) groups is 1. The van der Waals surface area contributed by atoms with Crippen molar-refractivity contribution in [3.63, 3.8) is 0 Å². The van der Waals surface area contributed by atoms with E-state index in [0.717, 1.165) is 27.3 Å². The van der Waals surface area contributed by atoms with Crippen molar-refractivity contribution >= 4 is 34.0 Å². The Bertz CT molecular complexity index is 1230. The predicted octanol–water partition coefficient (Wildman–Crippen LogP) is 3.61. The van der Waals surface area contributed by atoms with Gasteiger partial charge in [-0.3, -0.25) is 9.78 Å². The van der Waals surface area contributed by atoms with Gasteiger partial charge in [0.05, 0.1) is 32.9 Å². The summed E-state index contributed by atoms with van der Waals surface area (Å²) in [7, 11) is 1.48. The van der Waals surface area contributed by atoms with Crippen LogP contribution in [0.3, 0.4) is 0 Å². The van der Waals surface area contributed by atoms with Crippen molar-refractivity contribution in [1.29, 1.82) is 0 Å². The predicted molar refractivity (Wildman–Crippen MR) is 115 cm³/mol. The highest BCUT2D eigenvalue weighted by Gasteiger charge is 2.17. The maximum Gasteiger partial charge on any atom is 0.254 e. The van der Waals surface area contributed by atoms with Gasteiger partial charge in [0.25, 0.3) is 5.91 Å². The fourth-order valence-corrected chi connectivity index (χ4v) is 3.96. The van der Waals surface area contributed by atoms with Crippen molar-refractivity contribution in [3.8, 4) is 10.6 Å². The van der Waals surface area contributed by atoms with Crippen LogP contribution in [0.4, 0.5) is 10.2 Å². The van der Waals surface area contributed by atoms with Gasteiger partial charge in [-0.25, -0.2) is 19.3 Å². The highest BCUT2D eigenvalue weighted by Crippen LogP contribution is 2.25. The monoisotopic (exact) mass is 422 g/mol. The molecular formula is C21H19FN6OS. The minimum absolute atomic E-state index is 0.0117. The Morgan fingerprint density at radius 3 is 2.80 bits per heavy atom. The molecule has 0 bridgehead atoms. The largest absolute Gasteiger partial charge is 0.370 e. The molecule has 0 spiro atoms. The normalized spacial score (nSPS) is 10.9. The van der Waals surface area contributed by atoms with E-state index >= 15 is 0 Å². The number of thiazole rings is 1.